The molecule has 0 bridgehead atoms. The fourth-order valence-corrected chi connectivity index (χ4v) is 2.76. The van der Waals surface area contributed by atoms with Crippen LogP contribution < -0.4 is 10.1 Å². The Morgan fingerprint density at radius 3 is 2.58 bits per heavy atom. The second-order valence-electron chi connectivity index (χ2n) is 4.79. The van der Waals surface area contributed by atoms with Crippen LogP contribution in [-0.4, -0.2) is 13.2 Å². The topological polar surface area (TPSA) is 21.3 Å². The maximum Gasteiger partial charge on any atom is 0.123 e. The van der Waals surface area contributed by atoms with Crippen LogP contribution >= 0.6 is 11.6 Å². The number of hydrogen-bond donors (Lipinski definition) is 1. The Bertz CT molecular complexity index is 542. The molecule has 19 heavy (non-hydrogen) atoms. The second-order valence-corrected chi connectivity index (χ2v) is 5.22. The summed E-state index contributed by atoms with van der Waals surface area (Å²) >= 11 is 5.94. The molecule has 0 radical (unpaired) electrons. The van der Waals surface area contributed by atoms with Gasteiger partial charge in [-0.05, 0) is 36.4 Å². The van der Waals surface area contributed by atoms with Crippen LogP contribution in [0.15, 0.2) is 48.5 Å². The van der Waals surface area contributed by atoms with E-state index in [-0.39, 0.29) is 12.1 Å². The van der Waals surface area contributed by atoms with Crippen LogP contribution in [-0.2, 0) is 6.42 Å². The van der Waals surface area contributed by atoms with Gasteiger partial charge < -0.3 is 10.1 Å². The minimum absolute atomic E-state index is 0.128. The number of likely N-dealkylation sites (N-methyl/N-ethyl adjacent to an activating group) is 1. The van der Waals surface area contributed by atoms with Gasteiger partial charge in [-0.2, -0.15) is 0 Å². The monoisotopic (exact) mass is 273 g/mol. The molecule has 2 nitrogen and oxygen atoms in total. The Balaban J connectivity index is 1.83. The number of para-hydroxylation sites is 1. The predicted octanol–water partition coefficient (Wildman–Crippen LogP) is 3.60. The van der Waals surface area contributed by atoms with Crippen molar-refractivity contribution in [3.05, 3.63) is 64.7 Å². The van der Waals surface area contributed by atoms with E-state index >= 15 is 0 Å². The molecule has 2 aromatic rings. The third kappa shape index (κ3) is 2.46. The number of ether oxygens (including phenoxy) is 1. The molecule has 1 aliphatic heterocycles. The van der Waals surface area contributed by atoms with Crippen molar-refractivity contribution in [3.8, 4) is 5.75 Å². The minimum atomic E-state index is 0.128. The van der Waals surface area contributed by atoms with E-state index < -0.39 is 0 Å². The van der Waals surface area contributed by atoms with E-state index in [1.165, 1.54) is 11.1 Å². The third-order valence-corrected chi connectivity index (χ3v) is 3.84. The average molecular weight is 274 g/mol. The number of benzene rings is 2. The molecule has 0 spiro atoms. The SMILES string of the molecule is CNC(c1ccc(Cl)cc1)C1Cc2ccccc2O1. The van der Waals surface area contributed by atoms with Crippen LogP contribution in [0, 0.1) is 0 Å². The summed E-state index contributed by atoms with van der Waals surface area (Å²) in [7, 11) is 1.96. The van der Waals surface area contributed by atoms with Gasteiger partial charge in [-0.25, -0.2) is 0 Å². The molecular formula is C16H16ClNO. The molecule has 2 unspecified atom stereocenters. The lowest BCUT2D eigenvalue weighted by molar-refractivity contribution is 0.183. The zero-order valence-corrected chi connectivity index (χ0v) is 11.5. The molecule has 0 fully saturated rings. The van der Waals surface area contributed by atoms with Crippen molar-refractivity contribution in [1.29, 1.82) is 0 Å². The first-order valence-electron chi connectivity index (χ1n) is 6.45. The Labute approximate surface area is 118 Å². The summed E-state index contributed by atoms with van der Waals surface area (Å²) in [4.78, 5) is 0. The molecule has 0 saturated carbocycles. The molecule has 3 rings (SSSR count). The van der Waals surface area contributed by atoms with Crippen molar-refractivity contribution in [3.63, 3.8) is 0 Å². The first kappa shape index (κ1) is 12.5. The van der Waals surface area contributed by atoms with Gasteiger partial charge in [0.15, 0.2) is 0 Å². The first-order chi connectivity index (χ1) is 9.28. The average Bonchev–Trinajstić information content (AvgIpc) is 2.85. The molecule has 0 aliphatic carbocycles. The van der Waals surface area contributed by atoms with Gasteiger partial charge in [0, 0.05) is 11.4 Å². The van der Waals surface area contributed by atoms with E-state index in [1.54, 1.807) is 0 Å². The molecule has 0 amide bonds. The van der Waals surface area contributed by atoms with E-state index in [1.807, 2.05) is 31.3 Å². The van der Waals surface area contributed by atoms with Gasteiger partial charge in [-0.1, -0.05) is 41.9 Å². The zero-order chi connectivity index (χ0) is 13.2. The lowest BCUT2D eigenvalue weighted by atomic mass is 9.98. The van der Waals surface area contributed by atoms with E-state index in [0.717, 1.165) is 17.2 Å². The summed E-state index contributed by atoms with van der Waals surface area (Å²) in [6.45, 7) is 0. The molecular weight excluding hydrogens is 258 g/mol. The first-order valence-corrected chi connectivity index (χ1v) is 6.83. The molecule has 2 aromatic carbocycles. The van der Waals surface area contributed by atoms with Crippen molar-refractivity contribution in [2.75, 3.05) is 7.05 Å². The Hall–Kier alpha value is -1.51. The maximum atomic E-state index is 6.05. The Kier molecular flexibility index (Phi) is 3.45. The lowest BCUT2D eigenvalue weighted by Gasteiger charge is -2.23. The highest BCUT2D eigenvalue weighted by atomic mass is 35.5. The van der Waals surface area contributed by atoms with E-state index in [2.05, 4.69) is 29.6 Å². The highest BCUT2D eigenvalue weighted by Crippen LogP contribution is 2.34. The second kappa shape index (κ2) is 5.24. The standard InChI is InChI=1S/C16H16ClNO/c1-18-16(11-6-8-13(17)9-7-11)15-10-12-4-2-3-5-14(12)19-15/h2-9,15-16,18H,10H2,1H3. The molecule has 2 atom stereocenters. The largest absolute Gasteiger partial charge is 0.488 e. The molecule has 1 N–H and O–H groups in total. The van der Waals surface area contributed by atoms with Gasteiger partial charge in [0.05, 0.1) is 6.04 Å². The number of rotatable bonds is 3. The van der Waals surface area contributed by atoms with Crippen molar-refractivity contribution >= 4 is 11.6 Å². The normalized spacial score (nSPS) is 18.7. The third-order valence-electron chi connectivity index (χ3n) is 3.58. The van der Waals surface area contributed by atoms with Gasteiger partial charge in [0.25, 0.3) is 0 Å². The van der Waals surface area contributed by atoms with E-state index in [0.29, 0.717) is 0 Å². The fourth-order valence-electron chi connectivity index (χ4n) is 2.63. The van der Waals surface area contributed by atoms with Gasteiger partial charge in [-0.3, -0.25) is 0 Å². The molecule has 1 aliphatic rings. The van der Waals surface area contributed by atoms with Gasteiger partial charge in [-0.15, -0.1) is 0 Å². The highest BCUT2D eigenvalue weighted by molar-refractivity contribution is 6.30. The van der Waals surface area contributed by atoms with Crippen LogP contribution in [0.3, 0.4) is 0 Å². The summed E-state index contributed by atoms with van der Waals surface area (Å²) < 4.78 is 6.05. The van der Waals surface area contributed by atoms with Crippen LogP contribution in [0.25, 0.3) is 0 Å². The number of nitrogens with one attached hydrogen (secondary N) is 1. The van der Waals surface area contributed by atoms with E-state index in [4.69, 9.17) is 16.3 Å². The highest BCUT2D eigenvalue weighted by Gasteiger charge is 2.30. The van der Waals surface area contributed by atoms with Gasteiger partial charge >= 0.3 is 0 Å². The predicted molar refractivity (Wildman–Crippen MR) is 77.8 cm³/mol. The molecule has 0 saturated heterocycles. The molecule has 0 aromatic heterocycles. The van der Waals surface area contributed by atoms with Gasteiger partial charge in [0.2, 0.25) is 0 Å². The van der Waals surface area contributed by atoms with Crippen molar-refractivity contribution in [2.45, 2.75) is 18.6 Å². The number of hydrogen-bond acceptors (Lipinski definition) is 2. The summed E-state index contributed by atoms with van der Waals surface area (Å²) in [5, 5.41) is 4.11. The number of halogens is 1. The molecule has 3 heteroatoms. The smallest absolute Gasteiger partial charge is 0.123 e. The Morgan fingerprint density at radius 1 is 1.16 bits per heavy atom. The van der Waals surface area contributed by atoms with Crippen LogP contribution in [0.4, 0.5) is 0 Å². The van der Waals surface area contributed by atoms with Crippen LogP contribution in [0.5, 0.6) is 5.75 Å². The maximum absolute atomic E-state index is 6.05. The fraction of sp³-hybridized carbons (Fsp3) is 0.250. The molecule has 98 valence electrons. The molecule has 1 heterocycles. The summed E-state index contributed by atoms with van der Waals surface area (Å²) in [6, 6.07) is 16.3. The Morgan fingerprint density at radius 2 is 1.89 bits per heavy atom. The lowest BCUT2D eigenvalue weighted by Crippen LogP contribution is -2.32. The summed E-state index contributed by atoms with van der Waals surface area (Å²) in [5.41, 5.74) is 2.48. The van der Waals surface area contributed by atoms with Crippen LogP contribution in [0.1, 0.15) is 17.2 Å². The van der Waals surface area contributed by atoms with Crippen molar-refractivity contribution in [1.82, 2.24) is 5.32 Å². The van der Waals surface area contributed by atoms with Crippen molar-refractivity contribution < 1.29 is 4.74 Å². The zero-order valence-electron chi connectivity index (χ0n) is 10.8. The van der Waals surface area contributed by atoms with Crippen LogP contribution in [0.2, 0.25) is 5.02 Å². The van der Waals surface area contributed by atoms with Gasteiger partial charge in [0.1, 0.15) is 11.9 Å². The number of fused-ring (bicyclic) bond motifs is 1. The van der Waals surface area contributed by atoms with E-state index in [9.17, 15) is 0 Å². The summed E-state index contributed by atoms with van der Waals surface area (Å²) in [6.07, 6.45) is 1.06. The van der Waals surface area contributed by atoms with Crippen molar-refractivity contribution in [2.24, 2.45) is 0 Å². The minimum Gasteiger partial charge on any atom is -0.488 e. The quantitative estimate of drug-likeness (QED) is 0.923. The summed E-state index contributed by atoms with van der Waals surface area (Å²) in [5.74, 6) is 1.00.